The fraction of sp³-hybridized carbons (Fsp3) is 0.929. The van der Waals surface area contributed by atoms with E-state index >= 15 is 0 Å². The molecule has 1 heterocycles. The molecule has 1 saturated carbocycles. The summed E-state index contributed by atoms with van der Waals surface area (Å²) < 4.78 is 0. The number of hydrogen-bond acceptors (Lipinski definition) is 2. The van der Waals surface area contributed by atoms with Crippen LogP contribution in [0.2, 0.25) is 0 Å². The number of piperidine rings is 1. The molecule has 2 rings (SSSR count). The highest BCUT2D eigenvalue weighted by Gasteiger charge is 2.24. The van der Waals surface area contributed by atoms with Crippen molar-refractivity contribution in [2.24, 2.45) is 11.8 Å². The normalized spacial score (nSPS) is 30.3. The van der Waals surface area contributed by atoms with Gasteiger partial charge in [-0.3, -0.25) is 4.79 Å². The van der Waals surface area contributed by atoms with Crippen LogP contribution in [0.25, 0.3) is 0 Å². The highest BCUT2D eigenvalue weighted by molar-refractivity contribution is 5.81. The van der Waals surface area contributed by atoms with Crippen LogP contribution in [0.5, 0.6) is 0 Å². The van der Waals surface area contributed by atoms with Gasteiger partial charge in [0.25, 0.3) is 0 Å². The molecule has 0 spiro atoms. The summed E-state index contributed by atoms with van der Waals surface area (Å²) in [4.78, 5) is 14.4. The van der Waals surface area contributed by atoms with Gasteiger partial charge in [0.2, 0.25) is 0 Å². The topological polar surface area (TPSA) is 20.3 Å². The Morgan fingerprint density at radius 2 is 1.88 bits per heavy atom. The zero-order valence-corrected chi connectivity index (χ0v) is 10.6. The van der Waals surface area contributed by atoms with Crippen molar-refractivity contribution in [3.63, 3.8) is 0 Å². The summed E-state index contributed by atoms with van der Waals surface area (Å²) in [5.74, 6) is 1.79. The Morgan fingerprint density at radius 1 is 1.12 bits per heavy atom. The van der Waals surface area contributed by atoms with Crippen LogP contribution in [-0.2, 0) is 4.79 Å². The zero-order valence-electron chi connectivity index (χ0n) is 10.6. The van der Waals surface area contributed by atoms with E-state index in [9.17, 15) is 4.79 Å². The molecular weight excluding hydrogens is 198 g/mol. The van der Waals surface area contributed by atoms with Crippen molar-refractivity contribution in [3.8, 4) is 0 Å². The first-order valence-electron chi connectivity index (χ1n) is 7.01. The van der Waals surface area contributed by atoms with Gasteiger partial charge in [-0.25, -0.2) is 0 Å². The van der Waals surface area contributed by atoms with Gasteiger partial charge in [-0.05, 0) is 44.7 Å². The molecule has 1 saturated heterocycles. The average Bonchev–Trinajstić information content (AvgIpc) is 2.48. The number of likely N-dealkylation sites (tertiary alicyclic amines) is 1. The van der Waals surface area contributed by atoms with Gasteiger partial charge in [0.05, 0.1) is 0 Å². The van der Waals surface area contributed by atoms with Gasteiger partial charge in [-0.15, -0.1) is 0 Å². The van der Waals surface area contributed by atoms with E-state index in [1.807, 2.05) is 0 Å². The summed E-state index contributed by atoms with van der Waals surface area (Å²) in [6.07, 6.45) is 8.29. The maximum absolute atomic E-state index is 11.9. The minimum Gasteiger partial charge on any atom is -0.303 e. The molecule has 1 atom stereocenters. The van der Waals surface area contributed by atoms with Crippen LogP contribution >= 0.6 is 0 Å². The fourth-order valence-electron chi connectivity index (χ4n) is 2.98. The first-order valence-corrected chi connectivity index (χ1v) is 7.01. The summed E-state index contributed by atoms with van der Waals surface area (Å²) in [6.45, 7) is 5.82. The van der Waals surface area contributed by atoms with E-state index in [4.69, 9.17) is 0 Å². The van der Waals surface area contributed by atoms with E-state index in [-0.39, 0.29) is 0 Å². The number of carbonyl (C=O) groups excluding carboxylic acids is 1. The molecule has 2 aliphatic rings. The maximum atomic E-state index is 11.9. The van der Waals surface area contributed by atoms with Crippen LogP contribution in [0.3, 0.4) is 0 Å². The van der Waals surface area contributed by atoms with E-state index in [2.05, 4.69) is 11.8 Å². The monoisotopic (exact) mass is 223 g/mol. The largest absolute Gasteiger partial charge is 0.303 e. The van der Waals surface area contributed by atoms with Gasteiger partial charge in [0.1, 0.15) is 5.78 Å². The first kappa shape index (κ1) is 12.1. The highest BCUT2D eigenvalue weighted by atomic mass is 16.1. The maximum Gasteiger partial charge on any atom is 0.137 e. The van der Waals surface area contributed by atoms with Crippen molar-refractivity contribution < 1.29 is 4.79 Å². The number of hydrogen-bond donors (Lipinski definition) is 0. The smallest absolute Gasteiger partial charge is 0.137 e. The third-order valence-corrected chi connectivity index (χ3v) is 4.29. The number of carbonyl (C=O) groups is 1. The fourth-order valence-corrected chi connectivity index (χ4v) is 2.98. The lowest BCUT2D eigenvalue weighted by Gasteiger charge is -2.32. The van der Waals surface area contributed by atoms with Gasteiger partial charge >= 0.3 is 0 Å². The molecule has 2 fully saturated rings. The summed E-state index contributed by atoms with van der Waals surface area (Å²) in [5, 5.41) is 0. The summed E-state index contributed by atoms with van der Waals surface area (Å²) in [7, 11) is 0. The second-order valence-electron chi connectivity index (χ2n) is 5.75. The second-order valence-corrected chi connectivity index (χ2v) is 5.75. The molecule has 0 aromatic heterocycles. The van der Waals surface area contributed by atoms with Crippen LogP contribution in [0.15, 0.2) is 0 Å². The van der Waals surface area contributed by atoms with Crippen LogP contribution < -0.4 is 0 Å². The predicted molar refractivity (Wildman–Crippen MR) is 66.4 cm³/mol. The van der Waals surface area contributed by atoms with Crippen LogP contribution in [0.1, 0.15) is 51.9 Å². The lowest BCUT2D eigenvalue weighted by atomic mass is 9.95. The molecule has 16 heavy (non-hydrogen) atoms. The molecule has 0 aromatic rings. The molecular formula is C14H25NO. The zero-order chi connectivity index (χ0) is 11.4. The van der Waals surface area contributed by atoms with Gasteiger partial charge < -0.3 is 4.90 Å². The standard InChI is InChI=1S/C14H25NO/c1-12-7-9-15(10-8-12)11-13-5-3-2-4-6-14(13)16/h12-13H,2-11H2,1H3. The summed E-state index contributed by atoms with van der Waals surface area (Å²) >= 11 is 0. The minimum atomic E-state index is 0.357. The molecule has 0 N–H and O–H groups in total. The van der Waals surface area contributed by atoms with E-state index in [1.54, 1.807) is 0 Å². The Hall–Kier alpha value is -0.370. The SMILES string of the molecule is CC1CCN(CC2CCCCCC2=O)CC1. The van der Waals surface area contributed by atoms with Crippen molar-refractivity contribution in [3.05, 3.63) is 0 Å². The number of nitrogens with zero attached hydrogens (tertiary/aromatic N) is 1. The van der Waals surface area contributed by atoms with Gasteiger partial charge in [-0.2, -0.15) is 0 Å². The Morgan fingerprint density at radius 3 is 2.62 bits per heavy atom. The van der Waals surface area contributed by atoms with E-state index in [1.165, 1.54) is 38.8 Å². The third-order valence-electron chi connectivity index (χ3n) is 4.29. The Bertz CT molecular complexity index is 231. The summed E-state index contributed by atoms with van der Waals surface area (Å²) in [6, 6.07) is 0. The van der Waals surface area contributed by atoms with E-state index in [0.29, 0.717) is 11.7 Å². The van der Waals surface area contributed by atoms with Crippen LogP contribution in [0.4, 0.5) is 0 Å². The quantitative estimate of drug-likeness (QED) is 0.671. The second kappa shape index (κ2) is 5.81. The lowest BCUT2D eigenvalue weighted by Crippen LogP contribution is -2.38. The number of ketones is 1. The van der Waals surface area contributed by atoms with Crippen molar-refractivity contribution in [1.82, 2.24) is 4.90 Å². The van der Waals surface area contributed by atoms with E-state index < -0.39 is 0 Å². The molecule has 92 valence electrons. The molecule has 2 nitrogen and oxygen atoms in total. The molecule has 0 aromatic carbocycles. The molecule has 2 heteroatoms. The van der Waals surface area contributed by atoms with Gasteiger partial charge in [0, 0.05) is 18.9 Å². The summed E-state index contributed by atoms with van der Waals surface area (Å²) in [5.41, 5.74) is 0. The molecule has 1 unspecified atom stereocenters. The van der Waals surface area contributed by atoms with Crippen LogP contribution in [0, 0.1) is 11.8 Å². The van der Waals surface area contributed by atoms with Gasteiger partial charge in [0.15, 0.2) is 0 Å². The molecule has 0 radical (unpaired) electrons. The van der Waals surface area contributed by atoms with Crippen molar-refractivity contribution in [2.75, 3.05) is 19.6 Å². The number of Topliss-reactive ketones (excluding diaryl/α,β-unsaturated/α-hetero) is 1. The minimum absolute atomic E-state index is 0.357. The molecule has 0 amide bonds. The Kier molecular flexibility index (Phi) is 4.39. The lowest BCUT2D eigenvalue weighted by molar-refractivity contribution is -0.123. The Balaban J connectivity index is 1.80. The van der Waals surface area contributed by atoms with Crippen LogP contribution in [-0.4, -0.2) is 30.3 Å². The highest BCUT2D eigenvalue weighted by Crippen LogP contribution is 2.23. The molecule has 0 bridgehead atoms. The van der Waals surface area contributed by atoms with Gasteiger partial charge in [-0.1, -0.05) is 19.8 Å². The third kappa shape index (κ3) is 3.31. The molecule has 1 aliphatic heterocycles. The van der Waals surface area contributed by atoms with Crippen molar-refractivity contribution >= 4 is 5.78 Å². The molecule has 1 aliphatic carbocycles. The first-order chi connectivity index (χ1) is 7.75. The predicted octanol–water partition coefficient (Wildman–Crippen LogP) is 2.87. The van der Waals surface area contributed by atoms with Crippen molar-refractivity contribution in [2.45, 2.75) is 51.9 Å². The number of rotatable bonds is 2. The van der Waals surface area contributed by atoms with Crippen molar-refractivity contribution in [1.29, 1.82) is 0 Å². The average molecular weight is 223 g/mol. The van der Waals surface area contributed by atoms with E-state index in [0.717, 1.165) is 31.7 Å². The Labute approximate surface area is 99.4 Å².